The largest absolute Gasteiger partial charge is 0.352 e. The van der Waals surface area contributed by atoms with Crippen molar-refractivity contribution in [2.24, 2.45) is 0 Å². The van der Waals surface area contributed by atoms with Gasteiger partial charge in [-0.2, -0.15) is 0 Å². The van der Waals surface area contributed by atoms with Gasteiger partial charge in [0.05, 0.1) is 17.8 Å². The fourth-order valence-electron chi connectivity index (χ4n) is 4.16. The summed E-state index contributed by atoms with van der Waals surface area (Å²) in [5, 5.41) is 4.26. The molecule has 2 atom stereocenters. The number of rotatable bonds is 5. The Kier molecular flexibility index (Phi) is 5.22. The first-order valence-electron chi connectivity index (χ1n) is 10.3. The zero-order valence-electron chi connectivity index (χ0n) is 17.2. The Labute approximate surface area is 187 Å². The minimum atomic E-state index is -0.0466. The number of pyridine rings is 2. The van der Waals surface area contributed by atoms with E-state index in [2.05, 4.69) is 80.3 Å². The average Bonchev–Trinajstić information content (AvgIpc) is 3.40. The number of aromatic nitrogens is 3. The van der Waals surface area contributed by atoms with Crippen LogP contribution in [-0.2, 0) is 6.54 Å². The van der Waals surface area contributed by atoms with Crippen LogP contribution in [0, 0.1) is 6.92 Å². The van der Waals surface area contributed by atoms with Gasteiger partial charge in [0.15, 0.2) is 5.11 Å². The second kappa shape index (κ2) is 8.32. The molecule has 5 nitrogen and oxygen atoms in total. The highest BCUT2D eigenvalue weighted by atomic mass is 32.1. The lowest BCUT2D eigenvalue weighted by atomic mass is 10.0. The Bertz CT molecular complexity index is 1170. The number of hydrogen-bond donors (Lipinski definition) is 1. The molecule has 0 unspecified atom stereocenters. The molecule has 0 saturated carbocycles. The van der Waals surface area contributed by atoms with Crippen molar-refractivity contribution in [3.63, 3.8) is 0 Å². The van der Waals surface area contributed by atoms with Gasteiger partial charge in [0.2, 0.25) is 0 Å². The Morgan fingerprint density at radius 2 is 1.74 bits per heavy atom. The standard InChI is InChI=1S/C25H23N5S/c1-18-7-9-20(10-8-18)29-16-4-6-22(29)24-23(21-5-2-3-13-27-21)28-25(31)30(24)17-19-11-14-26-15-12-19/h2-16,23-24H,17H2,1H3,(H,28,31)/t23-,24-/m0/s1. The lowest BCUT2D eigenvalue weighted by Crippen LogP contribution is -2.30. The van der Waals surface area contributed by atoms with Gasteiger partial charge in [-0.05, 0) is 73.2 Å². The third kappa shape index (κ3) is 3.82. The molecule has 1 aromatic carbocycles. The fraction of sp³-hybridized carbons (Fsp3) is 0.160. The molecule has 1 fully saturated rings. The molecule has 6 heteroatoms. The van der Waals surface area contributed by atoms with E-state index in [1.165, 1.54) is 16.8 Å². The zero-order valence-corrected chi connectivity index (χ0v) is 18.0. The van der Waals surface area contributed by atoms with Gasteiger partial charge in [-0.3, -0.25) is 9.97 Å². The minimum absolute atomic E-state index is 0.00753. The monoisotopic (exact) mass is 425 g/mol. The predicted molar refractivity (Wildman–Crippen MR) is 126 cm³/mol. The van der Waals surface area contributed by atoms with E-state index in [0.29, 0.717) is 6.54 Å². The van der Waals surface area contributed by atoms with E-state index in [1.54, 1.807) is 0 Å². The molecule has 4 aromatic rings. The molecule has 4 heterocycles. The van der Waals surface area contributed by atoms with Gasteiger partial charge in [0, 0.05) is 42.7 Å². The zero-order chi connectivity index (χ0) is 21.2. The average molecular weight is 426 g/mol. The van der Waals surface area contributed by atoms with Gasteiger partial charge < -0.3 is 14.8 Å². The summed E-state index contributed by atoms with van der Waals surface area (Å²) in [4.78, 5) is 11.0. The summed E-state index contributed by atoms with van der Waals surface area (Å²) in [5.41, 5.74) is 5.68. The van der Waals surface area contributed by atoms with Crippen LogP contribution in [0.25, 0.3) is 5.69 Å². The lowest BCUT2D eigenvalue weighted by Gasteiger charge is -2.29. The fourth-order valence-corrected chi connectivity index (χ4v) is 4.46. The second-order valence-electron chi connectivity index (χ2n) is 7.75. The van der Waals surface area contributed by atoms with E-state index in [-0.39, 0.29) is 12.1 Å². The first-order chi connectivity index (χ1) is 15.2. The highest BCUT2D eigenvalue weighted by Crippen LogP contribution is 2.40. The summed E-state index contributed by atoms with van der Waals surface area (Å²) in [6.45, 7) is 2.80. The van der Waals surface area contributed by atoms with Gasteiger partial charge in [-0.1, -0.05) is 23.8 Å². The summed E-state index contributed by atoms with van der Waals surface area (Å²) in [5.74, 6) is 0. The summed E-state index contributed by atoms with van der Waals surface area (Å²) in [7, 11) is 0. The quantitative estimate of drug-likeness (QED) is 0.468. The first-order valence-corrected chi connectivity index (χ1v) is 10.7. The maximum Gasteiger partial charge on any atom is 0.170 e. The maximum absolute atomic E-state index is 5.81. The normalized spacial score (nSPS) is 18.2. The van der Waals surface area contributed by atoms with Gasteiger partial charge in [-0.25, -0.2) is 0 Å². The SMILES string of the molecule is Cc1ccc(-n2cccc2[C@H]2[C@H](c3ccccn3)NC(=S)N2Cc2ccncc2)cc1. The molecule has 1 saturated heterocycles. The van der Waals surface area contributed by atoms with E-state index in [0.717, 1.165) is 16.5 Å². The van der Waals surface area contributed by atoms with Crippen LogP contribution >= 0.6 is 12.2 Å². The van der Waals surface area contributed by atoms with Crippen molar-refractivity contribution in [1.82, 2.24) is 24.8 Å². The van der Waals surface area contributed by atoms with E-state index in [4.69, 9.17) is 12.2 Å². The van der Waals surface area contributed by atoms with E-state index < -0.39 is 0 Å². The lowest BCUT2D eigenvalue weighted by molar-refractivity contribution is 0.302. The van der Waals surface area contributed by atoms with Gasteiger partial charge in [0.25, 0.3) is 0 Å². The van der Waals surface area contributed by atoms with E-state index in [1.807, 2.05) is 42.9 Å². The topological polar surface area (TPSA) is 46.0 Å². The predicted octanol–water partition coefficient (Wildman–Crippen LogP) is 4.75. The third-order valence-electron chi connectivity index (χ3n) is 5.70. The Balaban J connectivity index is 1.60. The Hall–Kier alpha value is -3.51. The number of hydrogen-bond acceptors (Lipinski definition) is 3. The number of nitrogens with zero attached hydrogens (tertiary/aromatic N) is 4. The highest BCUT2D eigenvalue weighted by molar-refractivity contribution is 7.80. The minimum Gasteiger partial charge on any atom is -0.352 e. The number of nitrogens with one attached hydrogen (secondary N) is 1. The molecule has 0 radical (unpaired) electrons. The summed E-state index contributed by atoms with van der Waals surface area (Å²) >= 11 is 5.81. The van der Waals surface area contributed by atoms with Crippen molar-refractivity contribution in [3.05, 3.63) is 114 Å². The van der Waals surface area contributed by atoms with Crippen LogP contribution in [0.3, 0.4) is 0 Å². The molecule has 0 bridgehead atoms. The van der Waals surface area contributed by atoms with Crippen molar-refractivity contribution in [1.29, 1.82) is 0 Å². The Morgan fingerprint density at radius 1 is 0.935 bits per heavy atom. The summed E-state index contributed by atoms with van der Waals surface area (Å²) in [6.07, 6.45) is 7.59. The number of aryl methyl sites for hydroxylation is 1. The number of thiocarbonyl (C=S) groups is 1. The summed E-state index contributed by atoms with van der Waals surface area (Å²) < 4.78 is 2.25. The third-order valence-corrected chi connectivity index (χ3v) is 6.05. The van der Waals surface area contributed by atoms with Crippen LogP contribution in [0.15, 0.2) is 91.5 Å². The highest BCUT2D eigenvalue weighted by Gasteiger charge is 2.41. The molecule has 5 rings (SSSR count). The van der Waals surface area contributed by atoms with Crippen molar-refractivity contribution >= 4 is 17.3 Å². The van der Waals surface area contributed by atoms with Crippen LogP contribution in [0.1, 0.15) is 34.6 Å². The van der Waals surface area contributed by atoms with Gasteiger partial charge in [0.1, 0.15) is 0 Å². The molecular formula is C25H23N5S. The van der Waals surface area contributed by atoms with Crippen LogP contribution in [0.4, 0.5) is 0 Å². The molecule has 1 aliphatic heterocycles. The smallest absolute Gasteiger partial charge is 0.170 e. The first kappa shape index (κ1) is 19.5. The molecule has 1 N–H and O–H groups in total. The number of benzene rings is 1. The van der Waals surface area contributed by atoms with Gasteiger partial charge >= 0.3 is 0 Å². The molecule has 154 valence electrons. The van der Waals surface area contributed by atoms with Crippen LogP contribution < -0.4 is 5.32 Å². The molecule has 0 amide bonds. The van der Waals surface area contributed by atoms with Crippen LogP contribution in [0.5, 0.6) is 0 Å². The molecule has 1 aliphatic rings. The van der Waals surface area contributed by atoms with Crippen molar-refractivity contribution in [2.45, 2.75) is 25.6 Å². The van der Waals surface area contributed by atoms with E-state index in [9.17, 15) is 0 Å². The van der Waals surface area contributed by atoms with Crippen molar-refractivity contribution < 1.29 is 0 Å². The summed E-state index contributed by atoms with van der Waals surface area (Å²) in [6, 6.07) is 22.9. The molecule has 31 heavy (non-hydrogen) atoms. The molecule has 3 aromatic heterocycles. The molecule has 0 aliphatic carbocycles. The second-order valence-corrected chi connectivity index (χ2v) is 8.14. The maximum atomic E-state index is 5.81. The van der Waals surface area contributed by atoms with Crippen molar-refractivity contribution in [3.8, 4) is 5.69 Å². The van der Waals surface area contributed by atoms with Crippen molar-refractivity contribution in [2.75, 3.05) is 0 Å². The van der Waals surface area contributed by atoms with Crippen LogP contribution in [0.2, 0.25) is 0 Å². The van der Waals surface area contributed by atoms with E-state index >= 15 is 0 Å². The van der Waals surface area contributed by atoms with Gasteiger partial charge in [-0.15, -0.1) is 0 Å². The molecular weight excluding hydrogens is 402 g/mol. The Morgan fingerprint density at radius 3 is 2.48 bits per heavy atom. The molecule has 0 spiro atoms. The van der Waals surface area contributed by atoms with Crippen LogP contribution in [-0.4, -0.2) is 24.5 Å².